The minimum absolute atomic E-state index is 0.0798. The van der Waals surface area contributed by atoms with Crippen LogP contribution in [0.25, 0.3) is 22.2 Å². The normalized spacial score (nSPS) is 16.8. The number of para-hydroxylation sites is 1. The van der Waals surface area contributed by atoms with Crippen LogP contribution in [0, 0.1) is 0 Å². The maximum absolute atomic E-state index is 12.5. The Morgan fingerprint density at radius 3 is 2.66 bits per heavy atom. The first kappa shape index (κ1) is 29.7. The fourth-order valence-electron chi connectivity index (χ4n) is 4.66. The van der Waals surface area contributed by atoms with E-state index >= 15 is 0 Å². The summed E-state index contributed by atoms with van der Waals surface area (Å²) in [5, 5.41) is 8.12. The van der Waals surface area contributed by atoms with Gasteiger partial charge in [-0.3, -0.25) is 14.6 Å². The number of carbonyl (C=O) groups excluding carboxylic acids is 2. The van der Waals surface area contributed by atoms with Crippen LogP contribution in [0.4, 0.5) is 5.95 Å². The number of likely N-dealkylation sites (N-methyl/N-ethyl adjacent to an activating group) is 1. The van der Waals surface area contributed by atoms with E-state index in [4.69, 9.17) is 22.3 Å². The lowest BCUT2D eigenvalue weighted by Crippen LogP contribution is -2.42. The number of hydrogen-bond acceptors (Lipinski definition) is 7. The first-order chi connectivity index (χ1) is 19.8. The summed E-state index contributed by atoms with van der Waals surface area (Å²) in [6.07, 6.45) is 12.0. The lowest BCUT2D eigenvalue weighted by molar-refractivity contribution is -0.113. The van der Waals surface area contributed by atoms with Crippen molar-refractivity contribution >= 4 is 40.3 Å². The molecule has 5 rings (SSSR count). The van der Waals surface area contributed by atoms with E-state index in [1.54, 1.807) is 30.6 Å². The molecule has 11 heteroatoms. The summed E-state index contributed by atoms with van der Waals surface area (Å²) in [4.78, 5) is 41.0. The topological polar surface area (TPSA) is 142 Å². The van der Waals surface area contributed by atoms with Crippen LogP contribution in [0.1, 0.15) is 36.2 Å². The van der Waals surface area contributed by atoms with Gasteiger partial charge in [-0.25, -0.2) is 9.97 Å². The van der Waals surface area contributed by atoms with Gasteiger partial charge in [0.1, 0.15) is 5.69 Å². The van der Waals surface area contributed by atoms with Crippen LogP contribution in [0.5, 0.6) is 0 Å². The predicted octanol–water partition coefficient (Wildman–Crippen LogP) is 4.42. The molecule has 3 aromatic heterocycles. The molecular formula is C30H35ClN8O2. The number of halogens is 1. The Morgan fingerprint density at radius 2 is 1.90 bits per heavy atom. The van der Waals surface area contributed by atoms with Gasteiger partial charge >= 0.3 is 0 Å². The maximum atomic E-state index is 12.5. The Balaban J connectivity index is 0.000000374. The summed E-state index contributed by atoms with van der Waals surface area (Å²) >= 11 is 6.45. The molecule has 214 valence electrons. The van der Waals surface area contributed by atoms with Gasteiger partial charge in [-0.2, -0.15) is 0 Å². The van der Waals surface area contributed by atoms with Crippen LogP contribution in [-0.4, -0.2) is 69.4 Å². The van der Waals surface area contributed by atoms with Crippen molar-refractivity contribution in [1.29, 1.82) is 0 Å². The summed E-state index contributed by atoms with van der Waals surface area (Å²) in [6, 6.07) is 13.6. The van der Waals surface area contributed by atoms with E-state index in [2.05, 4.69) is 25.6 Å². The number of nitrogens with one attached hydrogen (secondary N) is 3. The van der Waals surface area contributed by atoms with E-state index in [0.717, 1.165) is 48.7 Å². The number of carbonyl (C=O) groups is 2. The fraction of sp³-hybridized carbons (Fsp3) is 0.300. The number of pyridine rings is 1. The third-order valence-corrected chi connectivity index (χ3v) is 6.86. The fourth-order valence-corrected chi connectivity index (χ4v) is 4.86. The van der Waals surface area contributed by atoms with Gasteiger partial charge in [-0.05, 0) is 64.1 Å². The van der Waals surface area contributed by atoms with Gasteiger partial charge in [-0.1, -0.05) is 41.9 Å². The van der Waals surface area contributed by atoms with E-state index in [-0.39, 0.29) is 18.0 Å². The second-order valence-electron chi connectivity index (χ2n) is 10.1. The highest BCUT2D eigenvalue weighted by Gasteiger charge is 2.25. The molecule has 0 saturated heterocycles. The van der Waals surface area contributed by atoms with Crippen LogP contribution in [-0.2, 0) is 4.79 Å². The average Bonchev–Trinajstić information content (AvgIpc) is 3.39. The van der Waals surface area contributed by atoms with Crippen molar-refractivity contribution in [3.05, 3.63) is 83.9 Å². The highest BCUT2D eigenvalue weighted by Crippen LogP contribution is 2.32. The quantitative estimate of drug-likeness (QED) is 0.228. The summed E-state index contributed by atoms with van der Waals surface area (Å²) < 4.78 is 0. The van der Waals surface area contributed by atoms with Crippen molar-refractivity contribution < 1.29 is 9.59 Å². The molecule has 0 bridgehead atoms. The molecule has 1 aromatic carbocycles. The molecule has 2 atom stereocenters. The molecular weight excluding hydrogens is 540 g/mol. The summed E-state index contributed by atoms with van der Waals surface area (Å²) in [6.45, 7) is 0.753. The molecule has 0 radical (unpaired) electrons. The lowest BCUT2D eigenvalue weighted by Gasteiger charge is -2.30. The van der Waals surface area contributed by atoms with E-state index in [1.807, 2.05) is 55.5 Å². The zero-order chi connectivity index (χ0) is 29.2. The van der Waals surface area contributed by atoms with Crippen LogP contribution < -0.4 is 16.4 Å². The van der Waals surface area contributed by atoms with Crippen molar-refractivity contribution in [2.45, 2.75) is 37.8 Å². The number of H-pyrrole nitrogens is 1. The van der Waals surface area contributed by atoms with Gasteiger partial charge in [-0.15, -0.1) is 0 Å². The average molecular weight is 575 g/mol. The van der Waals surface area contributed by atoms with E-state index in [1.165, 1.54) is 6.08 Å². The zero-order valence-corrected chi connectivity index (χ0v) is 23.9. The second-order valence-corrected chi connectivity index (χ2v) is 10.5. The molecule has 1 aliphatic carbocycles. The van der Waals surface area contributed by atoms with Gasteiger partial charge < -0.3 is 26.3 Å². The number of amides is 2. The second kappa shape index (κ2) is 14.4. The molecule has 10 nitrogen and oxygen atoms in total. The Hall–Kier alpha value is -4.28. The number of aromatic nitrogens is 4. The van der Waals surface area contributed by atoms with Crippen LogP contribution in [0.2, 0.25) is 5.02 Å². The number of rotatable bonds is 8. The lowest BCUT2D eigenvalue weighted by atomic mass is 9.91. The first-order valence-corrected chi connectivity index (χ1v) is 13.9. The minimum Gasteiger partial charge on any atom is -0.366 e. The first-order valence-electron chi connectivity index (χ1n) is 13.5. The summed E-state index contributed by atoms with van der Waals surface area (Å²) in [7, 11) is 3.84. The molecule has 1 fully saturated rings. The monoisotopic (exact) mass is 574 g/mol. The molecule has 3 heterocycles. The molecule has 41 heavy (non-hydrogen) atoms. The number of primary amides is 1. The summed E-state index contributed by atoms with van der Waals surface area (Å²) in [5.74, 6) is 0.00819. The minimum atomic E-state index is -0.392. The number of benzene rings is 1. The molecule has 0 unspecified atom stereocenters. The van der Waals surface area contributed by atoms with Crippen molar-refractivity contribution in [1.82, 2.24) is 30.2 Å². The van der Waals surface area contributed by atoms with Crippen LogP contribution in [0.15, 0.2) is 73.2 Å². The Bertz CT molecular complexity index is 1490. The smallest absolute Gasteiger partial charge is 0.270 e. The summed E-state index contributed by atoms with van der Waals surface area (Å²) in [5.41, 5.74) is 7.94. The van der Waals surface area contributed by atoms with Gasteiger partial charge in [0.15, 0.2) is 0 Å². The molecule has 2 amide bonds. The van der Waals surface area contributed by atoms with Crippen LogP contribution in [0.3, 0.4) is 0 Å². The number of anilines is 1. The largest absolute Gasteiger partial charge is 0.366 e. The van der Waals surface area contributed by atoms with E-state index in [9.17, 15) is 9.59 Å². The Kier molecular flexibility index (Phi) is 10.4. The molecule has 4 aromatic rings. The number of fused-ring (bicyclic) bond motifs is 1. The highest BCUT2D eigenvalue weighted by atomic mass is 35.5. The van der Waals surface area contributed by atoms with Gasteiger partial charge in [0, 0.05) is 47.5 Å². The molecule has 0 spiro atoms. The highest BCUT2D eigenvalue weighted by molar-refractivity contribution is 6.33. The van der Waals surface area contributed by atoms with Crippen molar-refractivity contribution in [3.8, 4) is 11.3 Å². The predicted molar refractivity (Wildman–Crippen MR) is 163 cm³/mol. The maximum Gasteiger partial charge on any atom is 0.270 e. The third kappa shape index (κ3) is 8.60. The number of aromatic amines is 1. The Labute approximate surface area is 244 Å². The molecule has 1 saturated carbocycles. The van der Waals surface area contributed by atoms with Gasteiger partial charge in [0.05, 0.1) is 16.9 Å². The number of nitrogens with two attached hydrogens (primary N) is 1. The van der Waals surface area contributed by atoms with E-state index in [0.29, 0.717) is 22.4 Å². The zero-order valence-electron chi connectivity index (χ0n) is 23.2. The number of hydrogen-bond donors (Lipinski definition) is 4. The molecule has 0 aliphatic heterocycles. The van der Waals surface area contributed by atoms with Crippen molar-refractivity contribution in [2.75, 3.05) is 26.0 Å². The molecule has 5 N–H and O–H groups in total. The standard InChI is InChI=1S/C24H23ClN6O.C6H12N2O/c25-19-14-28-24(31-22(19)18-13-27-20-9-2-1-8-17(18)20)30-16-7-5-6-15(12-16)29-23(32)21-10-3-4-11-26-21;1-8(2)5-3-4-6(7)9/h1-4,8-11,13-16,27H,5-7,12H2,(H,29,32)(H,28,30,31);3-4H,5H2,1-2H3,(H2,7,9)/b;4-3+/t15-,16+;/m0./s1. The van der Waals surface area contributed by atoms with Gasteiger partial charge in [0.2, 0.25) is 11.9 Å². The van der Waals surface area contributed by atoms with Crippen molar-refractivity contribution in [3.63, 3.8) is 0 Å². The molecule has 1 aliphatic rings. The van der Waals surface area contributed by atoms with Crippen molar-refractivity contribution in [2.24, 2.45) is 5.73 Å². The number of nitrogens with zero attached hydrogens (tertiary/aromatic N) is 4. The SMILES string of the molecule is CN(C)C/C=C/C(N)=O.O=C(N[C@H]1CCC[C@@H](Nc2ncc(Cl)c(-c3c[nH]c4ccccc34)n2)C1)c1ccccn1. The Morgan fingerprint density at radius 1 is 1.12 bits per heavy atom. The van der Waals surface area contributed by atoms with Crippen LogP contribution >= 0.6 is 11.6 Å². The van der Waals surface area contributed by atoms with E-state index < -0.39 is 5.91 Å². The van der Waals surface area contributed by atoms with Gasteiger partial charge in [0.25, 0.3) is 5.91 Å². The third-order valence-electron chi connectivity index (χ3n) is 6.58.